The zero-order chi connectivity index (χ0) is 23.4. The molecule has 4 rings (SSSR count). The third kappa shape index (κ3) is 6.09. The molecule has 2 N–H and O–H groups in total. The number of amides is 2. The minimum absolute atomic E-state index is 0.0205. The first-order valence-corrected chi connectivity index (χ1v) is 11.5. The summed E-state index contributed by atoms with van der Waals surface area (Å²) in [6, 6.07) is 9.93. The zero-order valence-corrected chi connectivity index (χ0v) is 19.5. The van der Waals surface area contributed by atoms with Gasteiger partial charge in [-0.15, -0.1) is 0 Å². The van der Waals surface area contributed by atoms with Gasteiger partial charge in [0.1, 0.15) is 5.75 Å². The number of fused-ring (bicyclic) bond motifs is 1. The minimum atomic E-state index is -0.0786. The number of hydrogen-bond donors (Lipinski definition) is 2. The van der Waals surface area contributed by atoms with Gasteiger partial charge in [0.2, 0.25) is 5.91 Å². The van der Waals surface area contributed by atoms with Crippen molar-refractivity contribution in [3.63, 3.8) is 0 Å². The topological polar surface area (TPSA) is 97.6 Å². The van der Waals surface area contributed by atoms with Crippen LogP contribution < -0.4 is 15.4 Å². The summed E-state index contributed by atoms with van der Waals surface area (Å²) < 4.78 is 7.37. The van der Waals surface area contributed by atoms with Gasteiger partial charge in [-0.1, -0.05) is 12.1 Å². The Morgan fingerprint density at radius 3 is 2.58 bits per heavy atom. The van der Waals surface area contributed by atoms with E-state index in [1.165, 1.54) is 0 Å². The lowest BCUT2D eigenvalue weighted by Gasteiger charge is -2.11. The van der Waals surface area contributed by atoms with Crippen molar-refractivity contribution in [3.8, 4) is 5.75 Å². The first-order chi connectivity index (χ1) is 15.9. The van der Waals surface area contributed by atoms with Gasteiger partial charge in [0, 0.05) is 36.5 Å². The van der Waals surface area contributed by atoms with Crippen molar-refractivity contribution in [1.82, 2.24) is 25.2 Å². The quantitative estimate of drug-likeness (QED) is 0.496. The van der Waals surface area contributed by atoms with Crippen LogP contribution in [0.15, 0.2) is 30.3 Å². The van der Waals surface area contributed by atoms with Crippen molar-refractivity contribution in [2.45, 2.75) is 58.9 Å². The maximum atomic E-state index is 12.4. The Bertz CT molecular complexity index is 1150. The fourth-order valence-corrected chi connectivity index (χ4v) is 3.87. The molecule has 1 aromatic carbocycles. The standard InChI is InChI=1S/C25H31N5O3/c1-16-14-23-27-17(2)22(18(3)30(23)29-16)10-11-24(31)26-13-12-19-4-8-21(9-5-19)33-15-25(32)28-20-6-7-20/h4-5,8-9,14,20H,6-7,10-13,15H2,1-3H3,(H,26,31)(H,28,32). The van der Waals surface area contributed by atoms with Crippen LogP contribution in [-0.4, -0.2) is 45.6 Å². The van der Waals surface area contributed by atoms with Crippen LogP contribution in [0.25, 0.3) is 5.65 Å². The molecule has 8 heteroatoms. The molecule has 1 saturated carbocycles. The monoisotopic (exact) mass is 449 g/mol. The Kier molecular flexibility index (Phi) is 6.91. The molecule has 0 atom stereocenters. The number of ether oxygens (including phenoxy) is 1. The van der Waals surface area contributed by atoms with E-state index in [0.717, 1.165) is 53.1 Å². The molecule has 0 unspecified atom stereocenters. The molecule has 0 bridgehead atoms. The van der Waals surface area contributed by atoms with Gasteiger partial charge in [0.15, 0.2) is 12.3 Å². The van der Waals surface area contributed by atoms with Gasteiger partial charge in [-0.3, -0.25) is 9.59 Å². The molecule has 33 heavy (non-hydrogen) atoms. The second-order valence-corrected chi connectivity index (χ2v) is 8.69. The molecule has 3 aromatic rings. The first-order valence-electron chi connectivity index (χ1n) is 11.5. The summed E-state index contributed by atoms with van der Waals surface area (Å²) in [6.45, 7) is 6.55. The normalized spacial score (nSPS) is 13.2. The maximum Gasteiger partial charge on any atom is 0.258 e. The molecule has 2 amide bonds. The number of hydrogen-bond acceptors (Lipinski definition) is 5. The predicted octanol–water partition coefficient (Wildman–Crippen LogP) is 2.60. The van der Waals surface area contributed by atoms with E-state index >= 15 is 0 Å². The van der Waals surface area contributed by atoms with Crippen LogP contribution in [0.1, 0.15) is 47.5 Å². The molecule has 2 heterocycles. The van der Waals surface area contributed by atoms with Crippen molar-refractivity contribution in [1.29, 1.82) is 0 Å². The summed E-state index contributed by atoms with van der Waals surface area (Å²) in [5, 5.41) is 10.4. The average molecular weight is 450 g/mol. The predicted molar refractivity (Wildman–Crippen MR) is 125 cm³/mol. The SMILES string of the molecule is Cc1cc2nc(C)c(CCC(=O)NCCc3ccc(OCC(=O)NC4CC4)cc3)c(C)n2n1. The Balaban J connectivity index is 1.19. The van der Waals surface area contributed by atoms with Crippen LogP contribution >= 0.6 is 0 Å². The summed E-state index contributed by atoms with van der Waals surface area (Å²) in [4.78, 5) is 28.7. The fourth-order valence-electron chi connectivity index (χ4n) is 3.87. The highest BCUT2D eigenvalue weighted by Crippen LogP contribution is 2.19. The highest BCUT2D eigenvalue weighted by Gasteiger charge is 2.23. The third-order valence-electron chi connectivity index (χ3n) is 5.86. The maximum absolute atomic E-state index is 12.4. The lowest BCUT2D eigenvalue weighted by molar-refractivity contribution is -0.123. The molecular formula is C25H31N5O3. The lowest BCUT2D eigenvalue weighted by Crippen LogP contribution is -2.30. The molecule has 8 nitrogen and oxygen atoms in total. The number of carbonyl (C=O) groups excluding carboxylic acids is 2. The molecule has 0 radical (unpaired) electrons. The number of aromatic nitrogens is 3. The Labute approximate surface area is 193 Å². The summed E-state index contributed by atoms with van der Waals surface area (Å²) in [6.07, 6.45) is 3.89. The van der Waals surface area contributed by atoms with Crippen LogP contribution in [0.2, 0.25) is 0 Å². The second kappa shape index (κ2) is 10.0. The molecular weight excluding hydrogens is 418 g/mol. The smallest absolute Gasteiger partial charge is 0.258 e. The van der Waals surface area contributed by atoms with Gasteiger partial charge in [0.05, 0.1) is 5.69 Å². The number of nitrogens with one attached hydrogen (secondary N) is 2. The molecule has 1 aliphatic rings. The van der Waals surface area contributed by atoms with E-state index < -0.39 is 0 Å². The van der Waals surface area contributed by atoms with Gasteiger partial charge in [-0.2, -0.15) is 5.10 Å². The summed E-state index contributed by atoms with van der Waals surface area (Å²) >= 11 is 0. The van der Waals surface area contributed by atoms with Crippen molar-refractivity contribution < 1.29 is 14.3 Å². The number of nitrogens with zero attached hydrogens (tertiary/aromatic N) is 3. The third-order valence-corrected chi connectivity index (χ3v) is 5.86. The molecule has 1 fully saturated rings. The molecule has 0 aliphatic heterocycles. The van der Waals surface area contributed by atoms with E-state index in [0.29, 0.717) is 31.2 Å². The van der Waals surface area contributed by atoms with Crippen LogP contribution in [0, 0.1) is 20.8 Å². The second-order valence-electron chi connectivity index (χ2n) is 8.69. The van der Waals surface area contributed by atoms with Gasteiger partial charge in [0.25, 0.3) is 5.91 Å². The molecule has 1 aliphatic carbocycles. The number of benzene rings is 1. The van der Waals surface area contributed by atoms with Crippen LogP contribution in [0.3, 0.4) is 0 Å². The number of aryl methyl sites for hydroxylation is 3. The first kappa shape index (κ1) is 22.8. The van der Waals surface area contributed by atoms with Crippen molar-refractivity contribution >= 4 is 17.5 Å². The molecule has 2 aromatic heterocycles. The Hall–Kier alpha value is -3.42. The minimum Gasteiger partial charge on any atom is -0.484 e. The lowest BCUT2D eigenvalue weighted by atomic mass is 10.1. The molecule has 0 saturated heterocycles. The van der Waals surface area contributed by atoms with Gasteiger partial charge in [-0.25, -0.2) is 9.50 Å². The van der Waals surface area contributed by atoms with E-state index in [9.17, 15) is 9.59 Å². The fraction of sp³-hybridized carbons (Fsp3) is 0.440. The Morgan fingerprint density at radius 1 is 1.09 bits per heavy atom. The largest absolute Gasteiger partial charge is 0.484 e. The van der Waals surface area contributed by atoms with E-state index in [1.54, 1.807) is 0 Å². The molecule has 174 valence electrons. The van der Waals surface area contributed by atoms with E-state index in [1.807, 2.05) is 55.6 Å². The van der Waals surface area contributed by atoms with Gasteiger partial charge in [-0.05, 0) is 69.7 Å². The van der Waals surface area contributed by atoms with Crippen molar-refractivity contribution in [2.24, 2.45) is 0 Å². The number of carbonyl (C=O) groups is 2. The summed E-state index contributed by atoms with van der Waals surface area (Å²) in [7, 11) is 0. The summed E-state index contributed by atoms with van der Waals surface area (Å²) in [5.74, 6) is 0.606. The molecule has 0 spiro atoms. The van der Waals surface area contributed by atoms with Crippen molar-refractivity contribution in [2.75, 3.05) is 13.2 Å². The van der Waals surface area contributed by atoms with Crippen LogP contribution in [0.5, 0.6) is 5.75 Å². The van der Waals surface area contributed by atoms with Crippen LogP contribution in [-0.2, 0) is 22.4 Å². The van der Waals surface area contributed by atoms with E-state index in [-0.39, 0.29) is 18.4 Å². The highest BCUT2D eigenvalue weighted by atomic mass is 16.5. The number of rotatable bonds is 10. The Morgan fingerprint density at radius 2 is 1.85 bits per heavy atom. The van der Waals surface area contributed by atoms with Crippen LogP contribution in [0.4, 0.5) is 0 Å². The van der Waals surface area contributed by atoms with Gasteiger partial charge >= 0.3 is 0 Å². The highest BCUT2D eigenvalue weighted by molar-refractivity contribution is 5.78. The van der Waals surface area contributed by atoms with Gasteiger partial charge < -0.3 is 15.4 Å². The average Bonchev–Trinajstić information content (AvgIpc) is 3.51. The van der Waals surface area contributed by atoms with E-state index in [2.05, 4.69) is 20.7 Å². The van der Waals surface area contributed by atoms with E-state index in [4.69, 9.17) is 4.74 Å². The van der Waals surface area contributed by atoms with Crippen molar-refractivity contribution in [3.05, 3.63) is 58.5 Å². The zero-order valence-electron chi connectivity index (χ0n) is 19.5. The summed E-state index contributed by atoms with van der Waals surface area (Å²) in [5.41, 5.74) is 5.92.